The van der Waals surface area contributed by atoms with Crippen molar-refractivity contribution in [3.63, 3.8) is 0 Å². The van der Waals surface area contributed by atoms with Gasteiger partial charge < -0.3 is 15.3 Å². The molecule has 0 fully saturated rings. The minimum atomic E-state index is -0.993. The molecule has 0 aliphatic carbocycles. The lowest BCUT2D eigenvalue weighted by molar-refractivity contribution is 0.0685. The Balaban J connectivity index is 0.000000267. The molecule has 5 N–H and O–H groups in total. The lowest BCUT2D eigenvalue weighted by Crippen LogP contribution is -2.01. The molecule has 0 radical (unpaired) electrons. The van der Waals surface area contributed by atoms with Crippen molar-refractivity contribution in [2.75, 3.05) is 0 Å². The third-order valence-corrected chi connectivity index (χ3v) is 7.33. The van der Waals surface area contributed by atoms with Gasteiger partial charge in [-0.25, -0.2) is 9.59 Å². The van der Waals surface area contributed by atoms with Crippen LogP contribution in [0.3, 0.4) is 0 Å². The molecule has 0 atom stereocenters. The molecule has 4 rings (SSSR count). The summed E-state index contributed by atoms with van der Waals surface area (Å²) in [6, 6.07) is 6.78. The van der Waals surface area contributed by atoms with Gasteiger partial charge in [-0.05, 0) is 62.1 Å². The summed E-state index contributed by atoms with van der Waals surface area (Å²) in [5, 5.41) is 42.5. The number of nitrogens with zero attached hydrogens (tertiary/aromatic N) is 2. The number of carboxylic acids is 2. The maximum atomic E-state index is 11.2. The molecule has 2 heterocycles. The lowest BCUT2D eigenvalue weighted by Gasteiger charge is -2.08. The zero-order valence-electron chi connectivity index (χ0n) is 20.9. The van der Waals surface area contributed by atoms with Crippen molar-refractivity contribution < 1.29 is 24.9 Å². The van der Waals surface area contributed by atoms with E-state index < -0.39 is 11.9 Å². The number of alkyl halides is 1. The number of aryl methyl sites for hydroxylation is 4. The Hall–Kier alpha value is -3.18. The van der Waals surface area contributed by atoms with Crippen LogP contribution in [0.25, 0.3) is 22.5 Å². The molecule has 2 aromatic carbocycles. The number of rotatable bonds is 6. The molecule has 4 aromatic rings. The van der Waals surface area contributed by atoms with Crippen LogP contribution in [-0.2, 0) is 11.9 Å². The Morgan fingerprint density at radius 2 is 1.15 bits per heavy atom. The van der Waals surface area contributed by atoms with Gasteiger partial charge in [0.1, 0.15) is 11.4 Å². The first-order chi connectivity index (χ1) is 17.9. The number of H-pyrrole nitrogens is 2. The highest BCUT2D eigenvalue weighted by Crippen LogP contribution is 2.34. The summed E-state index contributed by atoms with van der Waals surface area (Å²) in [5.41, 5.74) is 7.29. The van der Waals surface area contributed by atoms with Crippen LogP contribution >= 0.6 is 39.1 Å². The summed E-state index contributed by atoms with van der Waals surface area (Å²) in [6.07, 6.45) is 0. The van der Waals surface area contributed by atoms with Gasteiger partial charge in [-0.2, -0.15) is 10.2 Å². The average Bonchev–Trinajstić information content (AvgIpc) is 3.40. The normalized spacial score (nSPS) is 10.5. The SMILES string of the molecule is C.Cc1cc(C)c(-c2n[nH]c(CBr)c2Cl)cc1C(=O)O.Cc1cc(C)c(-c2n[nH]c(CO)c2Cl)cc1C(=O)O. The van der Waals surface area contributed by atoms with Gasteiger partial charge in [-0.15, -0.1) is 0 Å². The number of hydrogen-bond acceptors (Lipinski definition) is 5. The largest absolute Gasteiger partial charge is 0.478 e. The van der Waals surface area contributed by atoms with Crippen LogP contribution in [0.4, 0.5) is 0 Å². The number of halogens is 3. The third-order valence-electron chi connectivity index (χ3n) is 5.96. The summed E-state index contributed by atoms with van der Waals surface area (Å²) in [6.45, 7) is 7.04. The van der Waals surface area contributed by atoms with E-state index in [2.05, 4.69) is 36.3 Å². The molecule has 12 heteroatoms. The Morgan fingerprint density at radius 3 is 1.46 bits per heavy atom. The molecule has 0 aliphatic heterocycles. The van der Waals surface area contributed by atoms with Crippen molar-refractivity contribution in [2.45, 2.75) is 47.1 Å². The standard InChI is InChI=1S/C13H12BrClN2O2.C13H13ClN2O3.CH4/c1-6-3-7(2)9(13(18)19)4-8(6)12-11(15)10(5-14)16-17-12;1-6-3-7(2)9(13(18)19)4-8(6)12-11(14)10(5-17)15-16-12;/h3-4H,5H2,1-2H3,(H,16,17)(H,18,19);3-4,17H,5H2,1-2H3,(H,15,16)(H,18,19);1H4. The molecular formula is C27H29BrCl2N4O5. The number of aromatic nitrogens is 4. The van der Waals surface area contributed by atoms with E-state index in [1.807, 2.05) is 19.9 Å². The summed E-state index contributed by atoms with van der Waals surface area (Å²) < 4.78 is 0. The lowest BCUT2D eigenvalue weighted by atomic mass is 9.98. The maximum Gasteiger partial charge on any atom is 0.335 e. The summed E-state index contributed by atoms with van der Waals surface area (Å²) in [4.78, 5) is 22.4. The first kappa shape index (κ1) is 32.0. The second kappa shape index (κ2) is 13.3. The number of aliphatic hydroxyl groups is 1. The Labute approximate surface area is 244 Å². The minimum Gasteiger partial charge on any atom is -0.478 e. The van der Waals surface area contributed by atoms with E-state index in [-0.39, 0.29) is 25.2 Å². The molecular weight excluding hydrogens is 611 g/mol. The van der Waals surface area contributed by atoms with Crippen LogP contribution in [-0.4, -0.2) is 47.7 Å². The summed E-state index contributed by atoms with van der Waals surface area (Å²) in [5.74, 6) is -1.95. The van der Waals surface area contributed by atoms with Crippen molar-refractivity contribution in [3.05, 3.63) is 79.1 Å². The predicted molar refractivity (Wildman–Crippen MR) is 156 cm³/mol. The topological polar surface area (TPSA) is 152 Å². The van der Waals surface area contributed by atoms with Crippen LogP contribution in [0.15, 0.2) is 24.3 Å². The number of aromatic carboxylic acids is 2. The molecule has 0 aliphatic rings. The van der Waals surface area contributed by atoms with Gasteiger partial charge in [0.2, 0.25) is 0 Å². The van der Waals surface area contributed by atoms with Crippen LogP contribution in [0.5, 0.6) is 0 Å². The third kappa shape index (κ3) is 6.70. The van der Waals surface area contributed by atoms with E-state index in [0.29, 0.717) is 43.6 Å². The van der Waals surface area contributed by atoms with Gasteiger partial charge in [-0.3, -0.25) is 10.2 Å². The van der Waals surface area contributed by atoms with Crippen LogP contribution in [0, 0.1) is 27.7 Å². The Morgan fingerprint density at radius 1 is 0.769 bits per heavy atom. The highest BCUT2D eigenvalue weighted by Gasteiger charge is 2.19. The molecule has 0 bridgehead atoms. The van der Waals surface area contributed by atoms with E-state index in [4.69, 9.17) is 33.4 Å². The molecule has 2 aromatic heterocycles. The van der Waals surface area contributed by atoms with Gasteiger partial charge in [0.15, 0.2) is 0 Å². The van der Waals surface area contributed by atoms with Crippen molar-refractivity contribution in [3.8, 4) is 22.5 Å². The highest BCUT2D eigenvalue weighted by molar-refractivity contribution is 9.08. The number of aliphatic hydroxyl groups excluding tert-OH is 1. The molecule has 0 saturated heterocycles. The second-order valence-corrected chi connectivity index (χ2v) is 9.91. The van der Waals surface area contributed by atoms with Crippen LogP contribution in [0.2, 0.25) is 10.0 Å². The smallest absolute Gasteiger partial charge is 0.335 e. The van der Waals surface area contributed by atoms with Gasteiger partial charge >= 0.3 is 11.9 Å². The molecule has 9 nitrogen and oxygen atoms in total. The molecule has 0 amide bonds. The molecule has 208 valence electrons. The molecule has 0 unspecified atom stereocenters. The first-order valence-corrected chi connectivity index (χ1v) is 13.1. The first-order valence-electron chi connectivity index (χ1n) is 11.2. The zero-order valence-corrected chi connectivity index (χ0v) is 24.0. The number of carbonyl (C=O) groups is 2. The monoisotopic (exact) mass is 638 g/mol. The molecule has 39 heavy (non-hydrogen) atoms. The Kier molecular flexibility index (Phi) is 10.9. The number of hydrogen-bond donors (Lipinski definition) is 5. The number of nitrogens with one attached hydrogen (secondary N) is 2. The Bertz CT molecular complexity index is 1420. The summed E-state index contributed by atoms with van der Waals surface area (Å²) >= 11 is 15.6. The van der Waals surface area contributed by atoms with E-state index >= 15 is 0 Å². The fourth-order valence-corrected chi connectivity index (χ4v) is 5.02. The summed E-state index contributed by atoms with van der Waals surface area (Å²) in [7, 11) is 0. The van der Waals surface area contributed by atoms with Crippen LogP contribution < -0.4 is 0 Å². The van der Waals surface area contributed by atoms with E-state index in [9.17, 15) is 14.7 Å². The van der Waals surface area contributed by atoms with E-state index in [1.165, 1.54) is 0 Å². The van der Waals surface area contributed by atoms with Gasteiger partial charge in [-0.1, -0.05) is 58.7 Å². The van der Waals surface area contributed by atoms with Crippen molar-refractivity contribution in [1.82, 2.24) is 20.4 Å². The van der Waals surface area contributed by atoms with E-state index in [0.717, 1.165) is 27.9 Å². The number of aromatic amines is 2. The predicted octanol–water partition coefficient (Wildman–Crippen LogP) is 7.11. The van der Waals surface area contributed by atoms with Crippen molar-refractivity contribution in [2.24, 2.45) is 0 Å². The fourth-order valence-electron chi connectivity index (χ4n) is 3.95. The average molecular weight is 640 g/mol. The van der Waals surface area contributed by atoms with Crippen molar-refractivity contribution >= 4 is 51.1 Å². The van der Waals surface area contributed by atoms with Gasteiger partial charge in [0.25, 0.3) is 0 Å². The molecule has 0 spiro atoms. The molecule has 0 saturated carbocycles. The van der Waals surface area contributed by atoms with Gasteiger partial charge in [0, 0.05) is 16.5 Å². The van der Waals surface area contributed by atoms with Crippen LogP contribution in [0.1, 0.15) is 61.8 Å². The van der Waals surface area contributed by atoms with Gasteiger partial charge in [0.05, 0.1) is 39.2 Å². The minimum absolute atomic E-state index is 0. The zero-order chi connectivity index (χ0) is 28.3. The number of carboxylic acid groups (broad SMARTS) is 2. The maximum absolute atomic E-state index is 11.2. The highest BCUT2D eigenvalue weighted by atomic mass is 79.9. The van der Waals surface area contributed by atoms with Crippen molar-refractivity contribution in [1.29, 1.82) is 0 Å². The quantitative estimate of drug-likeness (QED) is 0.141. The second-order valence-electron chi connectivity index (χ2n) is 8.60. The fraction of sp³-hybridized carbons (Fsp3) is 0.259. The van der Waals surface area contributed by atoms with E-state index in [1.54, 1.807) is 32.0 Å². The number of benzene rings is 2.